The number of anilines is 1. The summed E-state index contributed by atoms with van der Waals surface area (Å²) >= 11 is 12.2. The van der Waals surface area contributed by atoms with Crippen molar-refractivity contribution >= 4 is 46.7 Å². The highest BCUT2D eigenvalue weighted by atomic mass is 35.5. The van der Waals surface area contributed by atoms with E-state index in [1.807, 2.05) is 24.0 Å². The quantitative estimate of drug-likeness (QED) is 0.692. The minimum atomic E-state index is -0.939. The second-order valence-electron chi connectivity index (χ2n) is 8.20. The minimum Gasteiger partial charge on any atom is -0.368 e. The fourth-order valence-corrected chi connectivity index (χ4v) is 4.98. The van der Waals surface area contributed by atoms with Gasteiger partial charge in [0, 0.05) is 47.8 Å². The predicted octanol–water partition coefficient (Wildman–Crippen LogP) is 2.66. The molecule has 3 aliphatic rings. The number of benzene rings is 1. The minimum absolute atomic E-state index is 0.0164. The van der Waals surface area contributed by atoms with E-state index in [0.29, 0.717) is 42.6 Å². The zero-order chi connectivity index (χ0) is 20.8. The topological polar surface area (TPSA) is 81.8 Å². The van der Waals surface area contributed by atoms with E-state index in [9.17, 15) is 14.4 Å². The van der Waals surface area contributed by atoms with Gasteiger partial charge in [-0.1, -0.05) is 30.1 Å². The van der Waals surface area contributed by atoms with Crippen LogP contribution < -0.4 is 15.5 Å². The van der Waals surface area contributed by atoms with E-state index >= 15 is 0 Å². The third-order valence-corrected chi connectivity index (χ3v) is 6.53. The first kappa shape index (κ1) is 20.3. The van der Waals surface area contributed by atoms with Crippen LogP contribution in [0, 0.1) is 11.8 Å². The van der Waals surface area contributed by atoms with Crippen LogP contribution in [0.15, 0.2) is 18.2 Å². The van der Waals surface area contributed by atoms with Crippen molar-refractivity contribution in [1.29, 1.82) is 0 Å². The van der Waals surface area contributed by atoms with Crippen LogP contribution in [0.3, 0.4) is 0 Å². The molecule has 0 radical (unpaired) electrons. The van der Waals surface area contributed by atoms with E-state index < -0.39 is 11.6 Å². The van der Waals surface area contributed by atoms with Crippen molar-refractivity contribution in [3.05, 3.63) is 28.2 Å². The number of hydrogen-bond donors (Lipinski definition) is 2. The van der Waals surface area contributed by atoms with Gasteiger partial charge in [0.15, 0.2) is 0 Å². The van der Waals surface area contributed by atoms with Crippen LogP contribution in [0.1, 0.15) is 26.2 Å². The lowest BCUT2D eigenvalue weighted by molar-refractivity contribution is -0.136. The molecule has 7 nitrogen and oxygen atoms in total. The first-order valence-corrected chi connectivity index (χ1v) is 10.7. The van der Waals surface area contributed by atoms with E-state index in [-0.39, 0.29) is 23.7 Å². The van der Waals surface area contributed by atoms with E-state index in [1.165, 1.54) is 0 Å². The molecule has 1 aromatic rings. The molecule has 0 aromatic heterocycles. The number of halogens is 2. The van der Waals surface area contributed by atoms with E-state index in [1.54, 1.807) is 6.07 Å². The highest BCUT2D eigenvalue weighted by Gasteiger charge is 2.56. The molecular weight excluding hydrogens is 415 g/mol. The summed E-state index contributed by atoms with van der Waals surface area (Å²) in [6.07, 6.45) is 2.13. The molecule has 1 saturated carbocycles. The van der Waals surface area contributed by atoms with Crippen LogP contribution in [0.4, 0.5) is 10.5 Å². The Balaban J connectivity index is 1.38. The summed E-state index contributed by atoms with van der Waals surface area (Å²) in [5.74, 6) is -0.518. The molecule has 0 unspecified atom stereocenters. The highest BCUT2D eigenvalue weighted by Crippen LogP contribution is 2.44. The Hall–Kier alpha value is -1.99. The predicted molar refractivity (Wildman–Crippen MR) is 111 cm³/mol. The van der Waals surface area contributed by atoms with Gasteiger partial charge in [0.1, 0.15) is 5.54 Å². The normalized spacial score (nSPS) is 25.6. The largest absolute Gasteiger partial charge is 0.368 e. The molecule has 2 saturated heterocycles. The second kappa shape index (κ2) is 7.69. The van der Waals surface area contributed by atoms with E-state index in [0.717, 1.165) is 18.5 Å². The van der Waals surface area contributed by atoms with Crippen LogP contribution >= 0.6 is 23.2 Å². The maximum Gasteiger partial charge on any atom is 0.322 e. The Morgan fingerprint density at radius 1 is 1.14 bits per heavy atom. The number of amides is 4. The van der Waals surface area contributed by atoms with Crippen molar-refractivity contribution in [2.45, 2.75) is 31.7 Å². The van der Waals surface area contributed by atoms with Crippen LogP contribution in [0.2, 0.25) is 10.0 Å². The molecule has 2 N–H and O–H groups in total. The summed E-state index contributed by atoms with van der Waals surface area (Å²) in [5.41, 5.74) is 0.00610. The maximum absolute atomic E-state index is 13.0. The first-order valence-electron chi connectivity index (χ1n) is 9.92. The Kier molecular flexibility index (Phi) is 5.38. The number of imide groups is 1. The molecule has 4 amide bonds. The van der Waals surface area contributed by atoms with Crippen molar-refractivity contribution in [3.63, 3.8) is 0 Å². The molecule has 2 atom stereocenters. The van der Waals surface area contributed by atoms with Gasteiger partial charge in [-0.2, -0.15) is 0 Å². The molecule has 0 spiro atoms. The summed E-state index contributed by atoms with van der Waals surface area (Å²) in [5, 5.41) is 6.32. The maximum atomic E-state index is 13.0. The molecule has 4 rings (SSSR count). The molecule has 2 heterocycles. The highest BCUT2D eigenvalue weighted by molar-refractivity contribution is 6.35. The molecule has 9 heteroatoms. The van der Waals surface area contributed by atoms with Crippen molar-refractivity contribution in [2.24, 2.45) is 11.8 Å². The smallest absolute Gasteiger partial charge is 0.322 e. The van der Waals surface area contributed by atoms with Crippen molar-refractivity contribution in [1.82, 2.24) is 15.5 Å². The third-order valence-electron chi connectivity index (χ3n) is 6.10. The Labute approximate surface area is 179 Å². The summed E-state index contributed by atoms with van der Waals surface area (Å²) in [7, 11) is 0. The lowest BCUT2D eigenvalue weighted by atomic mass is 9.83. The van der Waals surface area contributed by atoms with Crippen molar-refractivity contribution in [3.8, 4) is 0 Å². The summed E-state index contributed by atoms with van der Waals surface area (Å²) < 4.78 is 0. The molecule has 29 heavy (non-hydrogen) atoms. The number of nitrogens with one attached hydrogen (secondary N) is 2. The molecule has 2 aliphatic heterocycles. The van der Waals surface area contributed by atoms with Gasteiger partial charge in [-0.25, -0.2) is 4.79 Å². The van der Waals surface area contributed by atoms with Gasteiger partial charge in [-0.05, 0) is 43.4 Å². The number of hydrogen-bond acceptors (Lipinski definition) is 4. The van der Waals surface area contributed by atoms with Gasteiger partial charge in [0.25, 0.3) is 5.91 Å². The Morgan fingerprint density at radius 2 is 1.76 bits per heavy atom. The standard InChI is InChI=1S/C20H24Cl2N4O3/c1-12(11-20(13-2-3-13)18(28)23-19(29)24-20)17(27)26-6-4-25(5-7-26)16-9-14(21)8-15(22)10-16/h8-10,12-13H,2-7,11H2,1H3,(H2,23,24,28,29)/t12-,20-/m0/s1. The Morgan fingerprint density at radius 3 is 2.28 bits per heavy atom. The number of piperazine rings is 1. The lowest BCUT2D eigenvalue weighted by Gasteiger charge is -2.38. The summed E-state index contributed by atoms with van der Waals surface area (Å²) in [6.45, 7) is 4.37. The molecule has 1 aliphatic carbocycles. The molecule has 0 bridgehead atoms. The monoisotopic (exact) mass is 438 g/mol. The van der Waals surface area contributed by atoms with E-state index in [4.69, 9.17) is 23.2 Å². The number of carbonyl (C=O) groups is 3. The van der Waals surface area contributed by atoms with E-state index in [2.05, 4.69) is 15.5 Å². The number of rotatable bonds is 5. The summed E-state index contributed by atoms with van der Waals surface area (Å²) in [4.78, 5) is 41.2. The molecule has 3 fully saturated rings. The van der Waals surface area contributed by atoms with Gasteiger partial charge in [-0.3, -0.25) is 14.9 Å². The number of nitrogens with zero attached hydrogens (tertiary/aromatic N) is 2. The van der Waals surface area contributed by atoms with Gasteiger partial charge in [0.2, 0.25) is 5.91 Å². The van der Waals surface area contributed by atoms with Gasteiger partial charge in [0.05, 0.1) is 0 Å². The average Bonchev–Trinajstić information content (AvgIpc) is 3.47. The summed E-state index contributed by atoms with van der Waals surface area (Å²) in [6, 6.07) is 4.97. The van der Waals surface area contributed by atoms with Gasteiger partial charge < -0.3 is 15.1 Å². The van der Waals surface area contributed by atoms with Crippen molar-refractivity contribution < 1.29 is 14.4 Å². The SMILES string of the molecule is C[C@@H](C[C@@]1(C2CC2)NC(=O)NC1=O)C(=O)N1CCN(c2cc(Cl)cc(Cl)c2)CC1. The number of carbonyl (C=O) groups excluding carboxylic acids is 3. The van der Waals surface area contributed by atoms with Crippen LogP contribution in [-0.2, 0) is 9.59 Å². The van der Waals surface area contributed by atoms with Gasteiger partial charge >= 0.3 is 6.03 Å². The van der Waals surface area contributed by atoms with Crippen LogP contribution in [0.25, 0.3) is 0 Å². The molecule has 1 aromatic carbocycles. The lowest BCUT2D eigenvalue weighted by Crippen LogP contribution is -2.54. The van der Waals surface area contributed by atoms with Crippen LogP contribution in [0.5, 0.6) is 0 Å². The molecule has 156 valence electrons. The average molecular weight is 439 g/mol. The third kappa shape index (κ3) is 4.03. The van der Waals surface area contributed by atoms with Crippen LogP contribution in [-0.4, -0.2) is 54.5 Å². The zero-order valence-electron chi connectivity index (χ0n) is 16.2. The Bertz CT molecular complexity index is 832. The second-order valence-corrected chi connectivity index (χ2v) is 9.07. The first-order chi connectivity index (χ1) is 13.8. The molecular formula is C20H24Cl2N4O3. The van der Waals surface area contributed by atoms with Crippen molar-refractivity contribution in [2.75, 3.05) is 31.1 Å². The fraction of sp³-hybridized carbons (Fsp3) is 0.550. The zero-order valence-corrected chi connectivity index (χ0v) is 17.7. The fourth-order valence-electron chi connectivity index (χ4n) is 4.47. The number of urea groups is 1. The van der Waals surface area contributed by atoms with Gasteiger partial charge in [-0.15, -0.1) is 0 Å².